The predicted octanol–water partition coefficient (Wildman–Crippen LogP) is 1.46. The molecule has 0 saturated carbocycles. The summed E-state index contributed by atoms with van der Waals surface area (Å²) in [7, 11) is 0. The normalized spacial score (nSPS) is 8.22. The smallest absolute Gasteiger partial charge is 0.450 e. The van der Waals surface area contributed by atoms with Gasteiger partial charge in [0.2, 0.25) is 0 Å². The van der Waals surface area contributed by atoms with Gasteiger partial charge in [0.25, 0.3) is 6.08 Å². The van der Waals surface area contributed by atoms with Gasteiger partial charge in [-0.2, -0.15) is 8.78 Å². The summed E-state index contributed by atoms with van der Waals surface area (Å²) in [5.41, 5.74) is 0. The molecule has 0 aromatic rings. The number of carbonyl (C=O) groups is 1. The topological polar surface area (TPSA) is 46.5 Å². The van der Waals surface area contributed by atoms with E-state index < -0.39 is 18.8 Å². The van der Waals surface area contributed by atoms with Gasteiger partial charge in [-0.25, -0.2) is 4.79 Å². The van der Waals surface area contributed by atoms with E-state index in [9.17, 15) is 13.6 Å². The van der Waals surface area contributed by atoms with Crippen LogP contribution < -0.4 is 0 Å². The minimum Gasteiger partial charge on any atom is -0.450 e. The molecule has 0 radical (unpaired) electrons. The van der Waals surface area contributed by atoms with Crippen LogP contribution in [0.3, 0.4) is 0 Å². The zero-order chi connectivity index (χ0) is 7.28. The minimum absolute atomic E-state index is 0.369. The molecule has 0 rings (SSSR count). The summed E-state index contributed by atoms with van der Waals surface area (Å²) in [4.78, 5) is 9.48. The lowest BCUT2D eigenvalue weighted by molar-refractivity contribution is 0.101. The maximum atomic E-state index is 11.1. The van der Waals surface area contributed by atoms with E-state index in [1.54, 1.807) is 0 Å². The standard InChI is InChI=1S/C4H4F2O3/c5-3(6)1-2-9-4(7)8/h1H,2H2,(H,7,8). The van der Waals surface area contributed by atoms with Crippen molar-refractivity contribution in [2.75, 3.05) is 6.61 Å². The van der Waals surface area contributed by atoms with Crippen LogP contribution in [-0.2, 0) is 4.74 Å². The van der Waals surface area contributed by atoms with Crippen molar-refractivity contribution in [3.8, 4) is 0 Å². The van der Waals surface area contributed by atoms with Crippen LogP contribution in [0, 0.1) is 0 Å². The first kappa shape index (κ1) is 7.87. The average molecular weight is 138 g/mol. The van der Waals surface area contributed by atoms with Crippen LogP contribution in [0.25, 0.3) is 0 Å². The molecule has 0 unspecified atom stereocenters. The SMILES string of the molecule is O=C(O)OCC=C(F)F. The van der Waals surface area contributed by atoms with Crippen molar-refractivity contribution < 1.29 is 23.4 Å². The van der Waals surface area contributed by atoms with E-state index in [0.29, 0.717) is 6.08 Å². The van der Waals surface area contributed by atoms with Gasteiger partial charge in [0.1, 0.15) is 6.61 Å². The van der Waals surface area contributed by atoms with Crippen molar-refractivity contribution in [2.45, 2.75) is 0 Å². The third kappa shape index (κ3) is 6.87. The molecule has 0 heterocycles. The number of hydrogen-bond donors (Lipinski definition) is 1. The number of carboxylic acid groups (broad SMARTS) is 1. The third-order valence-corrected chi connectivity index (χ3v) is 0.444. The van der Waals surface area contributed by atoms with Gasteiger partial charge in [-0.15, -0.1) is 0 Å². The summed E-state index contributed by atoms with van der Waals surface area (Å²) in [5, 5.41) is 7.73. The highest BCUT2D eigenvalue weighted by Gasteiger charge is 1.93. The number of rotatable bonds is 2. The minimum atomic E-state index is -1.95. The van der Waals surface area contributed by atoms with Gasteiger partial charge in [0.05, 0.1) is 0 Å². The average Bonchev–Trinajstić information content (AvgIpc) is 1.63. The number of halogens is 2. The van der Waals surface area contributed by atoms with Crippen molar-refractivity contribution in [3.05, 3.63) is 12.2 Å². The fraction of sp³-hybridized carbons (Fsp3) is 0.250. The Morgan fingerprint density at radius 3 is 2.56 bits per heavy atom. The monoisotopic (exact) mass is 138 g/mol. The van der Waals surface area contributed by atoms with E-state index in [4.69, 9.17) is 5.11 Å². The summed E-state index contributed by atoms with van der Waals surface area (Å²) >= 11 is 0. The molecule has 0 aromatic carbocycles. The summed E-state index contributed by atoms with van der Waals surface area (Å²) in [6.07, 6.45) is -3.14. The molecule has 0 aliphatic heterocycles. The van der Waals surface area contributed by atoms with Crippen LogP contribution in [0.2, 0.25) is 0 Å². The number of ether oxygens (including phenoxy) is 1. The maximum Gasteiger partial charge on any atom is 0.506 e. The molecule has 0 aliphatic carbocycles. The lowest BCUT2D eigenvalue weighted by Crippen LogP contribution is -1.98. The Kier molecular flexibility index (Phi) is 3.34. The van der Waals surface area contributed by atoms with Crippen LogP contribution in [0.5, 0.6) is 0 Å². The number of hydrogen-bond acceptors (Lipinski definition) is 2. The van der Waals surface area contributed by atoms with Crippen molar-refractivity contribution in [3.63, 3.8) is 0 Å². The molecule has 1 N–H and O–H groups in total. The molecule has 0 aromatic heterocycles. The van der Waals surface area contributed by atoms with Crippen LogP contribution in [0.4, 0.5) is 13.6 Å². The van der Waals surface area contributed by atoms with Gasteiger partial charge < -0.3 is 9.84 Å². The van der Waals surface area contributed by atoms with E-state index in [2.05, 4.69) is 4.74 Å². The van der Waals surface area contributed by atoms with E-state index in [1.165, 1.54) is 0 Å². The second-order valence-electron chi connectivity index (χ2n) is 1.07. The van der Waals surface area contributed by atoms with E-state index in [0.717, 1.165) is 0 Å². The zero-order valence-electron chi connectivity index (χ0n) is 4.30. The Labute approximate surface area is 49.5 Å². The first-order valence-electron chi connectivity index (χ1n) is 2.00. The van der Waals surface area contributed by atoms with Gasteiger partial charge >= 0.3 is 6.16 Å². The molecule has 5 heteroatoms. The molecule has 0 spiro atoms. The molecule has 0 saturated heterocycles. The van der Waals surface area contributed by atoms with Gasteiger partial charge in [-0.05, 0) is 0 Å². The van der Waals surface area contributed by atoms with Crippen LogP contribution in [0.1, 0.15) is 0 Å². The van der Waals surface area contributed by atoms with Gasteiger partial charge in [-0.1, -0.05) is 0 Å². The predicted molar refractivity (Wildman–Crippen MR) is 24.3 cm³/mol. The summed E-state index contributed by atoms with van der Waals surface area (Å²) in [6, 6.07) is 0. The lowest BCUT2D eigenvalue weighted by atomic mass is 10.7. The Morgan fingerprint density at radius 2 is 2.22 bits per heavy atom. The maximum absolute atomic E-state index is 11.1. The summed E-state index contributed by atoms with van der Waals surface area (Å²) in [6.45, 7) is -0.600. The second-order valence-corrected chi connectivity index (χ2v) is 1.07. The fourth-order valence-electron chi connectivity index (χ4n) is 0.176. The Morgan fingerprint density at radius 1 is 1.67 bits per heavy atom. The third-order valence-electron chi connectivity index (χ3n) is 0.444. The molecule has 0 atom stereocenters. The first-order valence-corrected chi connectivity index (χ1v) is 2.00. The molecular formula is C4H4F2O3. The van der Waals surface area contributed by atoms with Crippen LogP contribution in [-0.4, -0.2) is 17.9 Å². The first-order chi connectivity index (χ1) is 4.13. The fourth-order valence-corrected chi connectivity index (χ4v) is 0.176. The quantitative estimate of drug-likeness (QED) is 0.587. The summed E-state index contributed by atoms with van der Waals surface area (Å²) < 4.78 is 25.9. The molecule has 0 amide bonds. The van der Waals surface area contributed by atoms with E-state index in [1.807, 2.05) is 0 Å². The van der Waals surface area contributed by atoms with Crippen LogP contribution in [0.15, 0.2) is 12.2 Å². The Balaban J connectivity index is 3.31. The van der Waals surface area contributed by atoms with Gasteiger partial charge in [0.15, 0.2) is 0 Å². The Hall–Kier alpha value is -1.13. The molecule has 9 heavy (non-hydrogen) atoms. The van der Waals surface area contributed by atoms with Crippen molar-refractivity contribution >= 4 is 6.16 Å². The molecule has 0 fully saturated rings. The molecule has 3 nitrogen and oxygen atoms in total. The van der Waals surface area contributed by atoms with Crippen molar-refractivity contribution in [1.82, 2.24) is 0 Å². The Bertz CT molecular complexity index is 128. The molecule has 52 valence electrons. The highest BCUT2D eigenvalue weighted by molar-refractivity contribution is 5.56. The van der Waals surface area contributed by atoms with Crippen molar-refractivity contribution in [1.29, 1.82) is 0 Å². The second kappa shape index (κ2) is 3.82. The molecular weight excluding hydrogens is 134 g/mol. The van der Waals surface area contributed by atoms with Crippen molar-refractivity contribution in [2.24, 2.45) is 0 Å². The van der Waals surface area contributed by atoms with Gasteiger partial charge in [-0.3, -0.25) is 0 Å². The summed E-state index contributed by atoms with van der Waals surface area (Å²) in [5.74, 6) is 0. The zero-order valence-corrected chi connectivity index (χ0v) is 4.30. The van der Waals surface area contributed by atoms with E-state index in [-0.39, 0.29) is 0 Å². The van der Waals surface area contributed by atoms with Gasteiger partial charge in [0, 0.05) is 6.08 Å². The highest BCUT2D eigenvalue weighted by Crippen LogP contribution is 1.94. The van der Waals surface area contributed by atoms with Crippen LogP contribution >= 0.6 is 0 Å². The molecule has 0 aliphatic rings. The van der Waals surface area contributed by atoms with E-state index >= 15 is 0 Å². The largest absolute Gasteiger partial charge is 0.506 e. The highest BCUT2D eigenvalue weighted by atomic mass is 19.3. The molecule has 0 bridgehead atoms. The lowest BCUT2D eigenvalue weighted by Gasteiger charge is -1.90.